The van der Waals surface area contributed by atoms with Crippen LogP contribution in [0.4, 0.5) is 0 Å². The van der Waals surface area contributed by atoms with Crippen LogP contribution >= 0.6 is 0 Å². The van der Waals surface area contributed by atoms with Crippen LogP contribution in [0.1, 0.15) is 60.3 Å². The van der Waals surface area contributed by atoms with Crippen molar-refractivity contribution in [3.05, 3.63) is 70.3 Å². The predicted molar refractivity (Wildman–Crippen MR) is 121 cm³/mol. The lowest BCUT2D eigenvalue weighted by Gasteiger charge is -2.20. The van der Waals surface area contributed by atoms with Gasteiger partial charge in [-0.2, -0.15) is 0 Å². The van der Waals surface area contributed by atoms with Gasteiger partial charge in [-0.3, -0.25) is 19.2 Å². The number of benzene rings is 2. The maximum absolute atomic E-state index is 13.3. The first-order chi connectivity index (χ1) is 15.6. The van der Waals surface area contributed by atoms with E-state index < -0.39 is 29.2 Å². The number of Topliss-reactive ketones (excluding diaryl/α,β-unsaturated/α-hetero) is 1. The summed E-state index contributed by atoms with van der Waals surface area (Å²) < 4.78 is 10.4. The van der Waals surface area contributed by atoms with Crippen molar-refractivity contribution in [1.29, 1.82) is 0 Å². The molecule has 7 nitrogen and oxygen atoms in total. The van der Waals surface area contributed by atoms with E-state index in [0.717, 1.165) is 11.1 Å². The lowest BCUT2D eigenvalue weighted by Crippen LogP contribution is -2.33. The maximum Gasteiger partial charge on any atom is 0.310 e. The van der Waals surface area contributed by atoms with Gasteiger partial charge in [-0.05, 0) is 56.0 Å². The highest BCUT2D eigenvalue weighted by Gasteiger charge is 2.30. The van der Waals surface area contributed by atoms with Crippen LogP contribution in [0.15, 0.2) is 42.5 Å². The van der Waals surface area contributed by atoms with Gasteiger partial charge in [0.2, 0.25) is 0 Å². The summed E-state index contributed by atoms with van der Waals surface area (Å²) in [5.41, 5.74) is 2.34. The highest BCUT2D eigenvalue weighted by atomic mass is 16.6. The quantitative estimate of drug-likeness (QED) is 0.364. The number of hydrogen-bond donors (Lipinski definition) is 0. The minimum atomic E-state index is -0.716. The van der Waals surface area contributed by atoms with Crippen molar-refractivity contribution in [2.45, 2.75) is 59.2 Å². The van der Waals surface area contributed by atoms with E-state index in [-0.39, 0.29) is 25.0 Å². The smallest absolute Gasteiger partial charge is 0.310 e. The van der Waals surface area contributed by atoms with Crippen LogP contribution < -0.4 is 0 Å². The van der Waals surface area contributed by atoms with Gasteiger partial charge in [-0.25, -0.2) is 0 Å². The molecule has 0 aliphatic carbocycles. The van der Waals surface area contributed by atoms with E-state index >= 15 is 0 Å². The second kappa shape index (κ2) is 9.98. The van der Waals surface area contributed by atoms with Crippen LogP contribution in [0.5, 0.6) is 0 Å². The fourth-order valence-corrected chi connectivity index (χ4v) is 3.75. The molecular weight excluding hydrogens is 422 g/mol. The van der Waals surface area contributed by atoms with Gasteiger partial charge in [-0.1, -0.05) is 36.4 Å². The van der Waals surface area contributed by atoms with E-state index in [9.17, 15) is 19.2 Å². The Hall–Kier alpha value is -3.48. The average molecular weight is 452 g/mol. The molecule has 0 fully saturated rings. The highest BCUT2D eigenvalue weighted by Crippen LogP contribution is 2.24. The molecule has 2 aromatic carbocycles. The van der Waals surface area contributed by atoms with Gasteiger partial charge in [-0.15, -0.1) is 0 Å². The number of ether oxygens (including phenoxy) is 2. The summed E-state index contributed by atoms with van der Waals surface area (Å²) in [5, 5.41) is 0. The summed E-state index contributed by atoms with van der Waals surface area (Å²) in [6.07, 6.45) is -0.199. The van der Waals surface area contributed by atoms with E-state index in [4.69, 9.17) is 9.47 Å². The molecule has 0 saturated heterocycles. The molecule has 0 saturated carbocycles. The van der Waals surface area contributed by atoms with Crippen molar-refractivity contribution in [3.8, 4) is 0 Å². The maximum atomic E-state index is 13.3. The van der Waals surface area contributed by atoms with Crippen molar-refractivity contribution in [1.82, 2.24) is 4.90 Å². The summed E-state index contributed by atoms with van der Waals surface area (Å²) in [6.45, 7) is 7.93. The van der Waals surface area contributed by atoms with Crippen molar-refractivity contribution >= 4 is 23.6 Å². The zero-order valence-corrected chi connectivity index (χ0v) is 19.5. The molecule has 7 heteroatoms. The Bertz CT molecular complexity index is 1060. The second-order valence-corrected chi connectivity index (χ2v) is 9.00. The first-order valence-electron chi connectivity index (χ1n) is 11.0. The number of amides is 1. The molecule has 0 bridgehead atoms. The number of esters is 2. The summed E-state index contributed by atoms with van der Waals surface area (Å²) in [4.78, 5) is 52.2. The molecule has 1 heterocycles. The molecule has 2 aromatic rings. The molecular formula is C26H29NO6. The third kappa shape index (κ3) is 6.28. The molecule has 0 atom stereocenters. The normalized spacial score (nSPS) is 12.8. The minimum absolute atomic E-state index is 0.0375. The van der Waals surface area contributed by atoms with E-state index in [1.165, 1.54) is 11.0 Å². The fraction of sp³-hybridized carbons (Fsp3) is 0.385. The third-order valence-electron chi connectivity index (χ3n) is 5.15. The van der Waals surface area contributed by atoms with Gasteiger partial charge < -0.3 is 14.4 Å². The van der Waals surface area contributed by atoms with Crippen molar-refractivity contribution in [2.24, 2.45) is 0 Å². The van der Waals surface area contributed by atoms with Gasteiger partial charge in [0.25, 0.3) is 11.7 Å². The van der Waals surface area contributed by atoms with Crippen molar-refractivity contribution in [2.75, 3.05) is 6.61 Å². The molecule has 1 aliphatic heterocycles. The Morgan fingerprint density at radius 2 is 1.55 bits per heavy atom. The number of ketones is 1. The molecule has 0 unspecified atom stereocenters. The molecule has 1 aliphatic rings. The summed E-state index contributed by atoms with van der Waals surface area (Å²) >= 11 is 0. The molecule has 0 N–H and O–H groups in total. The van der Waals surface area contributed by atoms with E-state index in [1.807, 2.05) is 24.3 Å². The molecule has 3 rings (SSSR count). The monoisotopic (exact) mass is 451 g/mol. The standard InChI is InChI=1S/C26H29NO6/c1-5-32-22(28)13-17-10-11-18(14-23(29)33-26(2,3)4)21(12-17)24(30)25(31)27-15-19-8-6-7-9-20(19)16-27/h6-12H,5,13-16H2,1-4H3. The Balaban J connectivity index is 1.87. The molecule has 1 amide bonds. The summed E-state index contributed by atoms with van der Waals surface area (Å²) in [5.74, 6) is -2.30. The zero-order valence-electron chi connectivity index (χ0n) is 19.5. The van der Waals surface area contributed by atoms with Crippen LogP contribution in [-0.4, -0.2) is 40.7 Å². The fourth-order valence-electron chi connectivity index (χ4n) is 3.75. The van der Waals surface area contributed by atoms with E-state index in [1.54, 1.807) is 39.8 Å². The Kier molecular flexibility index (Phi) is 7.31. The minimum Gasteiger partial charge on any atom is -0.466 e. The second-order valence-electron chi connectivity index (χ2n) is 9.00. The summed E-state index contributed by atoms with van der Waals surface area (Å²) in [7, 11) is 0. The van der Waals surface area contributed by atoms with E-state index in [0.29, 0.717) is 24.2 Å². The number of hydrogen-bond acceptors (Lipinski definition) is 6. The molecule has 174 valence electrons. The Morgan fingerprint density at radius 1 is 0.909 bits per heavy atom. The van der Waals surface area contributed by atoms with Gasteiger partial charge in [0.1, 0.15) is 5.60 Å². The third-order valence-corrected chi connectivity index (χ3v) is 5.15. The van der Waals surface area contributed by atoms with Crippen LogP contribution in [0.25, 0.3) is 0 Å². The molecule has 0 spiro atoms. The van der Waals surface area contributed by atoms with Gasteiger partial charge in [0.05, 0.1) is 19.4 Å². The molecule has 33 heavy (non-hydrogen) atoms. The number of fused-ring (bicyclic) bond motifs is 1. The zero-order chi connectivity index (χ0) is 24.2. The SMILES string of the molecule is CCOC(=O)Cc1ccc(CC(=O)OC(C)(C)C)c(C(=O)C(=O)N2Cc3ccccc3C2)c1. The Morgan fingerprint density at radius 3 is 2.12 bits per heavy atom. The molecule has 0 radical (unpaired) electrons. The predicted octanol–water partition coefficient (Wildman–Crippen LogP) is 3.40. The first kappa shape index (κ1) is 24.2. The number of carbonyl (C=O) groups is 4. The van der Waals surface area contributed by atoms with Crippen LogP contribution in [-0.2, 0) is 49.8 Å². The molecule has 0 aromatic heterocycles. The lowest BCUT2D eigenvalue weighted by molar-refractivity contribution is -0.154. The highest BCUT2D eigenvalue weighted by molar-refractivity contribution is 6.43. The van der Waals surface area contributed by atoms with Crippen molar-refractivity contribution in [3.63, 3.8) is 0 Å². The summed E-state index contributed by atoms with van der Waals surface area (Å²) in [6, 6.07) is 12.4. The lowest BCUT2D eigenvalue weighted by atomic mass is 9.96. The Labute approximate surface area is 193 Å². The van der Waals surface area contributed by atoms with Gasteiger partial charge in [0, 0.05) is 18.7 Å². The number of nitrogens with zero attached hydrogens (tertiary/aromatic N) is 1. The van der Waals surface area contributed by atoms with Crippen molar-refractivity contribution < 1.29 is 28.7 Å². The van der Waals surface area contributed by atoms with Crippen LogP contribution in [0.2, 0.25) is 0 Å². The van der Waals surface area contributed by atoms with Gasteiger partial charge in [0.15, 0.2) is 0 Å². The average Bonchev–Trinajstić information content (AvgIpc) is 3.17. The van der Waals surface area contributed by atoms with Gasteiger partial charge >= 0.3 is 11.9 Å². The number of rotatable bonds is 7. The number of carbonyl (C=O) groups excluding carboxylic acids is 4. The first-order valence-corrected chi connectivity index (χ1v) is 11.0. The van der Waals surface area contributed by atoms with Crippen LogP contribution in [0.3, 0.4) is 0 Å². The topological polar surface area (TPSA) is 90.0 Å². The van der Waals surface area contributed by atoms with E-state index in [2.05, 4.69) is 0 Å². The largest absolute Gasteiger partial charge is 0.466 e. The van der Waals surface area contributed by atoms with Crippen LogP contribution in [0, 0.1) is 0 Å².